The molecule has 94 valence electrons. The number of halogens is 2. The summed E-state index contributed by atoms with van der Waals surface area (Å²) in [5, 5.41) is 3.84. The first-order valence-corrected chi connectivity index (χ1v) is 6.08. The van der Waals surface area contributed by atoms with Crippen molar-refractivity contribution in [2.75, 3.05) is 11.9 Å². The van der Waals surface area contributed by atoms with E-state index in [4.69, 9.17) is 17.3 Å². The Morgan fingerprint density at radius 1 is 1.11 bits per heavy atom. The summed E-state index contributed by atoms with van der Waals surface area (Å²) in [5.41, 5.74) is 7.71. The van der Waals surface area contributed by atoms with Gasteiger partial charge in [0, 0.05) is 22.0 Å². The Morgan fingerprint density at radius 3 is 2.50 bits per heavy atom. The predicted octanol–water partition coefficient (Wildman–Crippen LogP) is 3.72. The van der Waals surface area contributed by atoms with E-state index < -0.39 is 0 Å². The van der Waals surface area contributed by atoms with E-state index in [0.29, 0.717) is 23.6 Å². The molecule has 0 aliphatic rings. The van der Waals surface area contributed by atoms with Crippen LogP contribution in [0.5, 0.6) is 0 Å². The summed E-state index contributed by atoms with van der Waals surface area (Å²) in [6.45, 7) is 0.413. The number of nitrogens with two attached hydrogens (primary N) is 1. The van der Waals surface area contributed by atoms with E-state index >= 15 is 0 Å². The topological polar surface area (TPSA) is 38.0 Å². The molecule has 2 aromatic carbocycles. The summed E-state index contributed by atoms with van der Waals surface area (Å²) in [6.07, 6.45) is 0.503. The highest BCUT2D eigenvalue weighted by atomic mass is 35.5. The number of rotatable bonds is 4. The minimum atomic E-state index is -0.237. The zero-order valence-electron chi connectivity index (χ0n) is 9.79. The molecule has 18 heavy (non-hydrogen) atoms. The van der Waals surface area contributed by atoms with Gasteiger partial charge in [-0.1, -0.05) is 17.7 Å². The van der Waals surface area contributed by atoms with Crippen LogP contribution in [-0.4, -0.2) is 6.54 Å². The molecule has 0 heterocycles. The summed E-state index contributed by atoms with van der Waals surface area (Å²) < 4.78 is 13.7. The molecular formula is C14H14ClFN2. The molecule has 0 bridgehead atoms. The highest BCUT2D eigenvalue weighted by Crippen LogP contribution is 2.24. The van der Waals surface area contributed by atoms with Crippen LogP contribution in [0, 0.1) is 5.82 Å². The molecule has 4 heteroatoms. The van der Waals surface area contributed by atoms with Gasteiger partial charge in [0.05, 0.1) is 0 Å². The number of hydrogen-bond acceptors (Lipinski definition) is 2. The van der Waals surface area contributed by atoms with Crippen molar-refractivity contribution in [1.82, 2.24) is 0 Å². The van der Waals surface area contributed by atoms with E-state index in [2.05, 4.69) is 5.32 Å². The third kappa shape index (κ3) is 3.00. The summed E-state index contributed by atoms with van der Waals surface area (Å²) in [5.74, 6) is -0.237. The van der Waals surface area contributed by atoms with Gasteiger partial charge in [0.1, 0.15) is 5.82 Å². The molecule has 0 spiro atoms. The lowest BCUT2D eigenvalue weighted by Gasteiger charge is -2.12. The SMILES string of the molecule is NCCc1c(F)cccc1Nc1ccc(Cl)cc1. The van der Waals surface area contributed by atoms with Gasteiger partial charge in [-0.15, -0.1) is 0 Å². The zero-order chi connectivity index (χ0) is 13.0. The van der Waals surface area contributed by atoms with Crippen LogP contribution in [0.3, 0.4) is 0 Å². The van der Waals surface area contributed by atoms with E-state index in [9.17, 15) is 4.39 Å². The second kappa shape index (κ2) is 5.85. The Morgan fingerprint density at radius 2 is 1.83 bits per heavy atom. The van der Waals surface area contributed by atoms with Gasteiger partial charge in [-0.25, -0.2) is 4.39 Å². The first kappa shape index (κ1) is 12.9. The average Bonchev–Trinajstić information content (AvgIpc) is 2.36. The van der Waals surface area contributed by atoms with Crippen molar-refractivity contribution >= 4 is 23.0 Å². The first-order chi connectivity index (χ1) is 8.70. The van der Waals surface area contributed by atoms with Crippen molar-refractivity contribution in [2.24, 2.45) is 5.73 Å². The fourth-order valence-corrected chi connectivity index (χ4v) is 1.89. The smallest absolute Gasteiger partial charge is 0.128 e. The van der Waals surface area contributed by atoms with Crippen LogP contribution < -0.4 is 11.1 Å². The van der Waals surface area contributed by atoms with E-state index in [1.807, 2.05) is 18.2 Å². The maximum atomic E-state index is 13.7. The molecule has 0 saturated carbocycles. The number of anilines is 2. The maximum Gasteiger partial charge on any atom is 0.128 e. The quantitative estimate of drug-likeness (QED) is 0.883. The molecule has 0 radical (unpaired) electrons. The normalized spacial score (nSPS) is 10.4. The van der Waals surface area contributed by atoms with Crippen LogP contribution in [0.4, 0.5) is 15.8 Å². The molecular weight excluding hydrogens is 251 g/mol. The molecule has 0 unspecified atom stereocenters. The molecule has 0 atom stereocenters. The number of nitrogens with one attached hydrogen (secondary N) is 1. The summed E-state index contributed by atoms with van der Waals surface area (Å²) in [7, 11) is 0. The highest BCUT2D eigenvalue weighted by Gasteiger charge is 2.07. The van der Waals surface area contributed by atoms with Gasteiger partial charge in [-0.2, -0.15) is 0 Å². The van der Waals surface area contributed by atoms with Crippen LogP contribution in [0.1, 0.15) is 5.56 Å². The van der Waals surface area contributed by atoms with Crippen molar-refractivity contribution in [3.63, 3.8) is 0 Å². The van der Waals surface area contributed by atoms with Gasteiger partial charge in [0.25, 0.3) is 0 Å². The standard InChI is InChI=1S/C14H14ClFN2/c15-10-4-6-11(7-5-10)18-14-3-1-2-13(16)12(14)8-9-17/h1-7,18H,8-9,17H2. The third-order valence-corrected chi connectivity index (χ3v) is 2.89. The van der Waals surface area contributed by atoms with Crippen LogP contribution in [0.25, 0.3) is 0 Å². The Balaban J connectivity index is 2.28. The molecule has 3 N–H and O–H groups in total. The van der Waals surface area contributed by atoms with Gasteiger partial charge in [-0.3, -0.25) is 0 Å². The van der Waals surface area contributed by atoms with Gasteiger partial charge in [0.15, 0.2) is 0 Å². The van der Waals surface area contributed by atoms with Gasteiger partial charge >= 0.3 is 0 Å². The molecule has 0 saturated heterocycles. The second-order valence-electron chi connectivity index (χ2n) is 3.94. The Bertz CT molecular complexity index is 526. The Hall–Kier alpha value is -1.58. The Kier molecular flexibility index (Phi) is 4.18. The molecule has 0 aliphatic heterocycles. The minimum absolute atomic E-state index is 0.237. The largest absolute Gasteiger partial charge is 0.355 e. The fraction of sp³-hybridized carbons (Fsp3) is 0.143. The average molecular weight is 265 g/mol. The zero-order valence-corrected chi connectivity index (χ0v) is 10.5. The van der Waals surface area contributed by atoms with Crippen LogP contribution >= 0.6 is 11.6 Å². The van der Waals surface area contributed by atoms with E-state index in [1.54, 1.807) is 18.2 Å². The molecule has 0 amide bonds. The van der Waals surface area contributed by atoms with Crippen molar-refractivity contribution in [3.05, 3.63) is 58.9 Å². The Labute approximate surface area is 111 Å². The summed E-state index contributed by atoms with van der Waals surface area (Å²) in [4.78, 5) is 0. The van der Waals surface area contributed by atoms with Crippen LogP contribution in [0.2, 0.25) is 5.02 Å². The van der Waals surface area contributed by atoms with E-state index in [1.165, 1.54) is 6.07 Å². The van der Waals surface area contributed by atoms with Crippen LogP contribution in [0.15, 0.2) is 42.5 Å². The fourth-order valence-electron chi connectivity index (χ4n) is 1.76. The lowest BCUT2D eigenvalue weighted by atomic mass is 10.1. The number of benzene rings is 2. The predicted molar refractivity (Wildman–Crippen MR) is 73.9 cm³/mol. The summed E-state index contributed by atoms with van der Waals surface area (Å²) in [6, 6.07) is 12.2. The summed E-state index contributed by atoms with van der Waals surface area (Å²) >= 11 is 5.82. The molecule has 0 aliphatic carbocycles. The van der Waals surface area contributed by atoms with Crippen molar-refractivity contribution < 1.29 is 4.39 Å². The molecule has 2 aromatic rings. The maximum absolute atomic E-state index is 13.7. The lowest BCUT2D eigenvalue weighted by Crippen LogP contribution is -2.07. The van der Waals surface area contributed by atoms with Crippen molar-refractivity contribution in [2.45, 2.75) is 6.42 Å². The molecule has 2 nitrogen and oxygen atoms in total. The molecule has 2 rings (SSSR count). The van der Waals surface area contributed by atoms with E-state index in [0.717, 1.165) is 11.4 Å². The third-order valence-electron chi connectivity index (χ3n) is 2.64. The van der Waals surface area contributed by atoms with E-state index in [-0.39, 0.29) is 5.82 Å². The molecule has 0 aromatic heterocycles. The van der Waals surface area contributed by atoms with Gasteiger partial charge in [-0.05, 0) is 49.4 Å². The van der Waals surface area contributed by atoms with Crippen LogP contribution in [-0.2, 0) is 6.42 Å². The highest BCUT2D eigenvalue weighted by molar-refractivity contribution is 6.30. The van der Waals surface area contributed by atoms with Crippen molar-refractivity contribution in [3.8, 4) is 0 Å². The monoisotopic (exact) mass is 264 g/mol. The van der Waals surface area contributed by atoms with Gasteiger partial charge in [0.2, 0.25) is 0 Å². The molecule has 0 fully saturated rings. The van der Waals surface area contributed by atoms with Crippen molar-refractivity contribution in [1.29, 1.82) is 0 Å². The minimum Gasteiger partial charge on any atom is -0.355 e. The first-order valence-electron chi connectivity index (χ1n) is 5.71. The lowest BCUT2D eigenvalue weighted by molar-refractivity contribution is 0.610. The van der Waals surface area contributed by atoms with Gasteiger partial charge < -0.3 is 11.1 Å². The second-order valence-corrected chi connectivity index (χ2v) is 4.37. The number of hydrogen-bond donors (Lipinski definition) is 2.